The van der Waals surface area contributed by atoms with Crippen LogP contribution >= 0.6 is 15.9 Å². The topological polar surface area (TPSA) is 83.6 Å². The van der Waals surface area contributed by atoms with Crippen molar-refractivity contribution < 1.29 is 18.0 Å². The average Bonchev–Trinajstić information content (AvgIpc) is 2.60. The van der Waals surface area contributed by atoms with Gasteiger partial charge < -0.3 is 10.2 Å². The van der Waals surface area contributed by atoms with Crippen LogP contribution in [0.25, 0.3) is 0 Å². The van der Waals surface area contributed by atoms with Gasteiger partial charge in [-0.3, -0.25) is 9.59 Å². The molecule has 1 N–H and O–H groups in total. The first-order valence-electron chi connectivity index (χ1n) is 8.27. The third-order valence-electron chi connectivity index (χ3n) is 4.48. The Morgan fingerprint density at radius 2 is 1.88 bits per heavy atom. The minimum Gasteiger partial charge on any atom is -0.358 e. The van der Waals surface area contributed by atoms with Gasteiger partial charge >= 0.3 is 0 Å². The predicted octanol–water partition coefficient (Wildman–Crippen LogP) is 1.53. The Balaban J connectivity index is 1.84. The van der Waals surface area contributed by atoms with Crippen LogP contribution in [-0.4, -0.2) is 56.3 Å². The van der Waals surface area contributed by atoms with E-state index in [1.165, 1.54) is 7.05 Å². The lowest BCUT2D eigenvalue weighted by atomic mass is 10.1. The largest absolute Gasteiger partial charge is 0.358 e. The second kappa shape index (κ2) is 8.80. The summed E-state index contributed by atoms with van der Waals surface area (Å²) in [4.78, 5) is 25.4. The Bertz CT molecular complexity index is 728. The summed E-state index contributed by atoms with van der Waals surface area (Å²) in [6, 6.07) is 7.80. The van der Waals surface area contributed by atoms with Crippen LogP contribution < -0.4 is 5.32 Å². The number of aryl methyl sites for hydroxylation is 1. The van der Waals surface area contributed by atoms with Crippen LogP contribution in [0.3, 0.4) is 0 Å². The molecule has 2 rings (SSSR count). The summed E-state index contributed by atoms with van der Waals surface area (Å²) in [6.07, 6.45) is 1.83. The summed E-state index contributed by atoms with van der Waals surface area (Å²) in [5.74, 6) is -0.936. The standard InChI is InChI=1S/C17H23BrN2O4S/c1-19-16(21)12-25(23,24)14-8-10-20(11-9-14)17(22)7-6-13-4-2-3-5-15(13)18/h2-5,14H,6-12H2,1H3,(H,19,21). The molecule has 1 saturated heterocycles. The zero-order valence-corrected chi connectivity index (χ0v) is 16.6. The molecule has 138 valence electrons. The molecule has 0 bridgehead atoms. The van der Waals surface area contributed by atoms with Crippen molar-refractivity contribution in [3.8, 4) is 0 Å². The molecule has 1 fully saturated rings. The number of sulfone groups is 1. The SMILES string of the molecule is CNC(=O)CS(=O)(=O)C1CCN(C(=O)CCc2ccccc2Br)CC1. The van der Waals surface area contributed by atoms with Crippen molar-refractivity contribution in [1.82, 2.24) is 10.2 Å². The van der Waals surface area contributed by atoms with Crippen LogP contribution in [0.5, 0.6) is 0 Å². The number of halogens is 1. The number of piperidine rings is 1. The number of amides is 2. The van der Waals surface area contributed by atoms with Crippen LogP contribution in [0, 0.1) is 0 Å². The Morgan fingerprint density at radius 1 is 1.24 bits per heavy atom. The molecule has 1 heterocycles. The molecule has 0 spiro atoms. The fraction of sp³-hybridized carbons (Fsp3) is 0.529. The molecule has 0 unspecified atom stereocenters. The summed E-state index contributed by atoms with van der Waals surface area (Å²) in [5, 5.41) is 1.79. The van der Waals surface area contributed by atoms with Gasteiger partial charge in [-0.15, -0.1) is 0 Å². The predicted molar refractivity (Wildman–Crippen MR) is 99.9 cm³/mol. The Labute approximate surface area is 157 Å². The molecular formula is C17H23BrN2O4S. The van der Waals surface area contributed by atoms with E-state index in [4.69, 9.17) is 0 Å². The van der Waals surface area contributed by atoms with Crippen molar-refractivity contribution in [2.45, 2.75) is 30.9 Å². The quantitative estimate of drug-likeness (QED) is 0.741. The molecule has 25 heavy (non-hydrogen) atoms. The summed E-state index contributed by atoms with van der Waals surface area (Å²) < 4.78 is 25.4. The first kappa shape index (κ1) is 19.9. The highest BCUT2D eigenvalue weighted by Gasteiger charge is 2.32. The van der Waals surface area contributed by atoms with Gasteiger partial charge in [0.2, 0.25) is 11.8 Å². The minimum atomic E-state index is -3.46. The third-order valence-corrected chi connectivity index (χ3v) is 7.41. The molecule has 2 amide bonds. The van der Waals surface area contributed by atoms with E-state index in [9.17, 15) is 18.0 Å². The lowest BCUT2D eigenvalue weighted by Gasteiger charge is -2.31. The number of benzene rings is 1. The maximum atomic E-state index is 12.4. The van der Waals surface area contributed by atoms with Gasteiger partial charge in [-0.1, -0.05) is 34.1 Å². The molecule has 1 aromatic rings. The van der Waals surface area contributed by atoms with Gasteiger partial charge in [0.25, 0.3) is 0 Å². The molecule has 8 heteroatoms. The highest BCUT2D eigenvalue weighted by atomic mass is 79.9. The van der Waals surface area contributed by atoms with E-state index in [0.29, 0.717) is 38.8 Å². The Kier molecular flexibility index (Phi) is 7.01. The number of rotatable bonds is 6. The second-order valence-electron chi connectivity index (χ2n) is 6.15. The first-order chi connectivity index (χ1) is 11.8. The van der Waals surface area contributed by atoms with E-state index in [1.807, 2.05) is 24.3 Å². The maximum absolute atomic E-state index is 12.4. The van der Waals surface area contributed by atoms with E-state index >= 15 is 0 Å². The van der Waals surface area contributed by atoms with Crippen molar-refractivity contribution in [2.24, 2.45) is 0 Å². The average molecular weight is 431 g/mol. The number of nitrogens with zero attached hydrogens (tertiary/aromatic N) is 1. The summed E-state index contributed by atoms with van der Waals surface area (Å²) >= 11 is 3.47. The van der Waals surface area contributed by atoms with Crippen molar-refractivity contribution >= 4 is 37.6 Å². The number of carbonyl (C=O) groups is 2. The highest BCUT2D eigenvalue weighted by Crippen LogP contribution is 2.21. The summed E-state index contributed by atoms with van der Waals surface area (Å²) in [6.45, 7) is 0.846. The Hall–Kier alpha value is -1.41. The van der Waals surface area contributed by atoms with Crippen LogP contribution in [0.2, 0.25) is 0 Å². The monoisotopic (exact) mass is 430 g/mol. The summed E-state index contributed by atoms with van der Waals surface area (Å²) in [5.41, 5.74) is 1.08. The number of hydrogen-bond donors (Lipinski definition) is 1. The molecular weight excluding hydrogens is 408 g/mol. The zero-order chi connectivity index (χ0) is 18.4. The second-order valence-corrected chi connectivity index (χ2v) is 9.29. The molecule has 1 aromatic carbocycles. The van der Waals surface area contributed by atoms with Gasteiger partial charge in [0.05, 0.1) is 5.25 Å². The van der Waals surface area contributed by atoms with E-state index < -0.39 is 26.7 Å². The van der Waals surface area contributed by atoms with Crippen molar-refractivity contribution in [3.05, 3.63) is 34.3 Å². The Morgan fingerprint density at radius 3 is 2.48 bits per heavy atom. The van der Waals surface area contributed by atoms with Gasteiger partial charge in [-0.2, -0.15) is 0 Å². The van der Waals surface area contributed by atoms with Gasteiger partial charge in [-0.25, -0.2) is 8.42 Å². The number of hydrogen-bond acceptors (Lipinski definition) is 4. The minimum absolute atomic E-state index is 0.0397. The third kappa shape index (κ3) is 5.54. The van der Waals surface area contributed by atoms with Gasteiger partial charge in [0, 0.05) is 31.0 Å². The molecule has 6 nitrogen and oxygen atoms in total. The summed E-state index contributed by atoms with van der Waals surface area (Å²) in [7, 11) is -2.04. The number of likely N-dealkylation sites (tertiary alicyclic amines) is 1. The van der Waals surface area contributed by atoms with E-state index in [1.54, 1.807) is 4.90 Å². The molecule has 0 aromatic heterocycles. The first-order valence-corrected chi connectivity index (χ1v) is 10.8. The van der Waals surface area contributed by atoms with Crippen molar-refractivity contribution in [3.63, 3.8) is 0 Å². The normalized spacial score (nSPS) is 15.8. The molecule has 1 aliphatic heterocycles. The van der Waals surface area contributed by atoms with Crippen molar-refractivity contribution in [2.75, 3.05) is 25.9 Å². The molecule has 0 aliphatic carbocycles. The number of carbonyl (C=O) groups excluding carboxylic acids is 2. The lowest BCUT2D eigenvalue weighted by molar-refractivity contribution is -0.132. The van der Waals surface area contributed by atoms with Gasteiger partial charge in [0.1, 0.15) is 5.75 Å². The molecule has 0 atom stereocenters. The molecule has 1 aliphatic rings. The van der Waals surface area contributed by atoms with Gasteiger partial charge in [0.15, 0.2) is 9.84 Å². The number of nitrogens with one attached hydrogen (secondary N) is 1. The van der Waals surface area contributed by atoms with Crippen LogP contribution in [-0.2, 0) is 25.8 Å². The van der Waals surface area contributed by atoms with E-state index in [0.717, 1.165) is 10.0 Å². The zero-order valence-electron chi connectivity index (χ0n) is 14.2. The van der Waals surface area contributed by atoms with Gasteiger partial charge in [-0.05, 0) is 30.9 Å². The fourth-order valence-corrected chi connectivity index (χ4v) is 5.10. The van der Waals surface area contributed by atoms with E-state index in [2.05, 4.69) is 21.2 Å². The van der Waals surface area contributed by atoms with E-state index in [-0.39, 0.29) is 5.91 Å². The lowest BCUT2D eigenvalue weighted by Crippen LogP contribution is -2.44. The molecule has 0 radical (unpaired) electrons. The fourth-order valence-electron chi connectivity index (χ4n) is 2.94. The maximum Gasteiger partial charge on any atom is 0.234 e. The van der Waals surface area contributed by atoms with Crippen LogP contribution in [0.1, 0.15) is 24.8 Å². The smallest absolute Gasteiger partial charge is 0.234 e. The highest BCUT2D eigenvalue weighted by molar-refractivity contribution is 9.10. The van der Waals surface area contributed by atoms with Crippen LogP contribution in [0.15, 0.2) is 28.7 Å². The van der Waals surface area contributed by atoms with Crippen LogP contribution in [0.4, 0.5) is 0 Å². The molecule has 0 saturated carbocycles. The van der Waals surface area contributed by atoms with Crippen molar-refractivity contribution in [1.29, 1.82) is 0 Å².